The number of nitrogens with zero attached hydrogens (tertiary/aromatic N) is 2. The molecule has 0 saturated carbocycles. The van der Waals surface area contributed by atoms with Crippen molar-refractivity contribution in [2.75, 3.05) is 50.7 Å². The van der Waals surface area contributed by atoms with Crippen LogP contribution in [0.5, 0.6) is 0 Å². The SMILES string of the molecule is CN(CCCl)C(CCl)OC(=O)OC(CCl)N(C)CCCl. The van der Waals surface area contributed by atoms with Gasteiger partial charge in [0.25, 0.3) is 0 Å². The van der Waals surface area contributed by atoms with Gasteiger partial charge in [0.2, 0.25) is 0 Å². The Morgan fingerprint density at radius 3 is 1.50 bits per heavy atom. The highest BCUT2D eigenvalue weighted by Gasteiger charge is 2.23. The van der Waals surface area contributed by atoms with Gasteiger partial charge in [0.1, 0.15) is 0 Å². The second-order valence-electron chi connectivity index (χ2n) is 4.04. The predicted octanol–water partition coefficient (Wildman–Crippen LogP) is 2.61. The summed E-state index contributed by atoms with van der Waals surface area (Å²) in [7, 11) is 3.50. The lowest BCUT2D eigenvalue weighted by Gasteiger charge is -2.28. The van der Waals surface area contributed by atoms with Gasteiger partial charge in [0.05, 0.1) is 11.8 Å². The second kappa shape index (κ2) is 12.0. The van der Waals surface area contributed by atoms with Crippen LogP contribution in [0.1, 0.15) is 0 Å². The van der Waals surface area contributed by atoms with E-state index in [0.29, 0.717) is 24.8 Å². The molecule has 0 aromatic carbocycles. The van der Waals surface area contributed by atoms with Crippen LogP contribution in [-0.4, -0.2) is 79.1 Å². The number of carbonyl (C=O) groups is 1. The number of alkyl halides is 4. The molecule has 0 aromatic heterocycles. The number of halogens is 4. The lowest BCUT2D eigenvalue weighted by molar-refractivity contribution is -0.0646. The van der Waals surface area contributed by atoms with Crippen LogP contribution in [0.25, 0.3) is 0 Å². The molecule has 0 amide bonds. The van der Waals surface area contributed by atoms with E-state index in [2.05, 4.69) is 0 Å². The van der Waals surface area contributed by atoms with Crippen molar-refractivity contribution in [1.82, 2.24) is 9.80 Å². The van der Waals surface area contributed by atoms with Crippen molar-refractivity contribution in [1.29, 1.82) is 0 Å². The summed E-state index contributed by atoms with van der Waals surface area (Å²) >= 11 is 22.8. The Balaban J connectivity index is 4.36. The van der Waals surface area contributed by atoms with E-state index in [0.717, 1.165) is 0 Å². The molecule has 0 radical (unpaired) electrons. The smallest absolute Gasteiger partial charge is 0.414 e. The van der Waals surface area contributed by atoms with Crippen LogP contribution >= 0.6 is 46.4 Å². The van der Waals surface area contributed by atoms with Crippen LogP contribution in [0.3, 0.4) is 0 Å². The van der Waals surface area contributed by atoms with Crippen LogP contribution in [0.2, 0.25) is 0 Å². The molecule has 0 fully saturated rings. The van der Waals surface area contributed by atoms with Crippen molar-refractivity contribution < 1.29 is 14.3 Å². The van der Waals surface area contributed by atoms with Gasteiger partial charge in [-0.15, -0.1) is 46.4 Å². The molecule has 0 spiro atoms. The van der Waals surface area contributed by atoms with Gasteiger partial charge in [-0.25, -0.2) is 4.79 Å². The molecule has 2 unspecified atom stereocenters. The van der Waals surface area contributed by atoms with Gasteiger partial charge in [-0.2, -0.15) is 0 Å². The minimum atomic E-state index is -0.829. The number of carbonyl (C=O) groups excluding carboxylic acids is 1. The van der Waals surface area contributed by atoms with Gasteiger partial charge in [-0.1, -0.05) is 0 Å². The van der Waals surface area contributed by atoms with Crippen molar-refractivity contribution >= 4 is 52.6 Å². The van der Waals surface area contributed by atoms with Crippen LogP contribution in [0, 0.1) is 0 Å². The average Bonchev–Trinajstić information content (AvgIpc) is 2.42. The molecule has 5 nitrogen and oxygen atoms in total. The van der Waals surface area contributed by atoms with Crippen LogP contribution < -0.4 is 0 Å². The number of hydrogen-bond donors (Lipinski definition) is 0. The molecule has 0 aliphatic heterocycles. The maximum absolute atomic E-state index is 11.7. The second-order valence-corrected chi connectivity index (χ2v) is 5.42. The highest BCUT2D eigenvalue weighted by Crippen LogP contribution is 2.08. The highest BCUT2D eigenvalue weighted by atomic mass is 35.5. The Labute approximate surface area is 140 Å². The van der Waals surface area contributed by atoms with Crippen molar-refractivity contribution in [3.05, 3.63) is 0 Å². The Hall–Kier alpha value is 0.350. The van der Waals surface area contributed by atoms with Crippen molar-refractivity contribution in [3.63, 3.8) is 0 Å². The first-order chi connectivity index (χ1) is 9.49. The number of hydrogen-bond acceptors (Lipinski definition) is 5. The van der Waals surface area contributed by atoms with Gasteiger partial charge >= 0.3 is 6.16 Å². The summed E-state index contributed by atoms with van der Waals surface area (Å²) < 4.78 is 10.3. The highest BCUT2D eigenvalue weighted by molar-refractivity contribution is 6.19. The van der Waals surface area contributed by atoms with Crippen molar-refractivity contribution in [2.24, 2.45) is 0 Å². The number of rotatable bonds is 10. The first-order valence-corrected chi connectivity index (χ1v) is 8.15. The summed E-state index contributed by atoms with van der Waals surface area (Å²) in [5.74, 6) is 1.05. The number of ether oxygens (including phenoxy) is 2. The molecule has 0 aliphatic rings. The first kappa shape index (κ1) is 20.3. The molecule has 9 heteroatoms. The summed E-state index contributed by atoms with van der Waals surface area (Å²) in [6.07, 6.45) is -2.03. The maximum atomic E-state index is 11.7. The zero-order valence-electron chi connectivity index (χ0n) is 11.5. The van der Waals surface area contributed by atoms with E-state index in [-0.39, 0.29) is 11.8 Å². The van der Waals surface area contributed by atoms with Gasteiger partial charge in [-0.3, -0.25) is 9.80 Å². The van der Waals surface area contributed by atoms with Crippen molar-refractivity contribution in [3.8, 4) is 0 Å². The molecule has 0 N–H and O–H groups in total. The molecule has 2 atom stereocenters. The summed E-state index contributed by atoms with van der Waals surface area (Å²) in [6.45, 7) is 1.08. The standard InChI is InChI=1S/C11H20Cl4N2O3/c1-16(5-3-12)9(7-14)19-11(18)20-10(8-15)17(2)6-4-13/h9-10H,3-8H2,1-2H3. The lowest BCUT2D eigenvalue weighted by atomic mass is 10.5. The largest absolute Gasteiger partial charge is 0.511 e. The zero-order chi connectivity index (χ0) is 15.5. The van der Waals surface area contributed by atoms with E-state index in [9.17, 15) is 4.79 Å². The molecular weight excluding hydrogens is 350 g/mol. The lowest BCUT2D eigenvalue weighted by Crippen LogP contribution is -2.42. The van der Waals surface area contributed by atoms with Gasteiger partial charge < -0.3 is 9.47 Å². The molecule has 20 heavy (non-hydrogen) atoms. The molecule has 0 aliphatic carbocycles. The van der Waals surface area contributed by atoms with Crippen LogP contribution in [0.4, 0.5) is 4.79 Å². The van der Waals surface area contributed by atoms with E-state index in [1.165, 1.54) is 0 Å². The molecule has 0 aromatic rings. The normalized spacial score (nSPS) is 14.4. The predicted molar refractivity (Wildman–Crippen MR) is 83.3 cm³/mol. The van der Waals surface area contributed by atoms with Crippen LogP contribution in [0.15, 0.2) is 0 Å². The third-order valence-corrected chi connectivity index (χ3v) is 3.45. The van der Waals surface area contributed by atoms with E-state index < -0.39 is 18.6 Å². The molecule has 0 rings (SSSR count). The topological polar surface area (TPSA) is 42.0 Å². The summed E-state index contributed by atoms with van der Waals surface area (Å²) in [6, 6.07) is 0. The minimum Gasteiger partial charge on any atom is -0.414 e. The van der Waals surface area contributed by atoms with Crippen LogP contribution in [-0.2, 0) is 9.47 Å². The van der Waals surface area contributed by atoms with Gasteiger partial charge in [-0.05, 0) is 14.1 Å². The molecular formula is C11H20Cl4N2O3. The Morgan fingerprint density at radius 1 is 0.900 bits per heavy atom. The van der Waals surface area contributed by atoms with E-state index >= 15 is 0 Å². The minimum absolute atomic E-state index is 0.117. The Morgan fingerprint density at radius 2 is 1.25 bits per heavy atom. The third-order valence-electron chi connectivity index (χ3n) is 2.59. The average molecular weight is 370 g/mol. The van der Waals surface area contributed by atoms with Gasteiger partial charge in [0.15, 0.2) is 12.5 Å². The summed E-state index contributed by atoms with van der Waals surface area (Å²) in [5, 5.41) is 0. The fourth-order valence-electron chi connectivity index (χ4n) is 1.28. The molecule has 0 bridgehead atoms. The molecule has 0 heterocycles. The van der Waals surface area contributed by atoms with E-state index in [1.54, 1.807) is 23.9 Å². The van der Waals surface area contributed by atoms with E-state index in [1.807, 2.05) is 0 Å². The fourth-order valence-corrected chi connectivity index (χ4v) is 2.41. The Bertz CT molecular complexity index is 250. The summed E-state index contributed by atoms with van der Waals surface area (Å²) in [4.78, 5) is 15.2. The monoisotopic (exact) mass is 368 g/mol. The van der Waals surface area contributed by atoms with Gasteiger partial charge in [0, 0.05) is 24.8 Å². The molecule has 120 valence electrons. The Kier molecular flexibility index (Phi) is 12.2. The zero-order valence-corrected chi connectivity index (χ0v) is 14.6. The molecule has 0 saturated heterocycles. The fraction of sp³-hybridized carbons (Fsp3) is 0.909. The van der Waals surface area contributed by atoms with Crippen molar-refractivity contribution in [2.45, 2.75) is 12.5 Å². The maximum Gasteiger partial charge on any atom is 0.511 e. The third kappa shape index (κ3) is 7.96. The van der Waals surface area contributed by atoms with E-state index in [4.69, 9.17) is 55.9 Å². The first-order valence-electron chi connectivity index (χ1n) is 6.01. The summed E-state index contributed by atoms with van der Waals surface area (Å²) in [5.41, 5.74) is 0. The quantitative estimate of drug-likeness (QED) is 0.336.